The fourth-order valence-electron chi connectivity index (χ4n) is 1.63. The van der Waals surface area contributed by atoms with Crippen LogP contribution in [-0.4, -0.2) is 29.8 Å². The lowest BCUT2D eigenvalue weighted by molar-refractivity contribution is 0.0483. The van der Waals surface area contributed by atoms with Gasteiger partial charge < -0.3 is 9.47 Å². The van der Waals surface area contributed by atoms with Crippen LogP contribution >= 0.6 is 0 Å². The van der Waals surface area contributed by atoms with Crippen molar-refractivity contribution < 1.29 is 13.9 Å². The van der Waals surface area contributed by atoms with Crippen LogP contribution in [0.25, 0.3) is 0 Å². The summed E-state index contributed by atoms with van der Waals surface area (Å²) < 4.78 is 23.9. The molecule has 94 valence electrons. The predicted octanol–water partition coefficient (Wildman–Crippen LogP) is 0.707. The van der Waals surface area contributed by atoms with E-state index in [9.17, 15) is 4.39 Å². The zero-order chi connectivity index (χ0) is 12.1. The summed E-state index contributed by atoms with van der Waals surface area (Å²) in [6.45, 7) is 1.90. The van der Waals surface area contributed by atoms with Crippen LogP contribution in [0.15, 0.2) is 6.20 Å². The van der Waals surface area contributed by atoms with Gasteiger partial charge in [-0.05, 0) is 18.8 Å². The molecule has 0 spiro atoms. The van der Waals surface area contributed by atoms with E-state index in [1.807, 2.05) is 0 Å². The Bertz CT molecular complexity index is 371. The highest BCUT2D eigenvalue weighted by Crippen LogP contribution is 2.19. The topological polar surface area (TPSA) is 82.3 Å². The number of aromatic nitrogens is 2. The number of anilines is 1. The Kier molecular flexibility index (Phi) is 4.05. The maximum absolute atomic E-state index is 13.3. The third kappa shape index (κ3) is 3.24. The summed E-state index contributed by atoms with van der Waals surface area (Å²) in [5, 5.41) is 0. The van der Waals surface area contributed by atoms with Crippen LogP contribution in [0, 0.1) is 11.7 Å². The van der Waals surface area contributed by atoms with Crippen molar-refractivity contribution in [2.24, 2.45) is 11.8 Å². The number of hydrogen-bond acceptors (Lipinski definition) is 6. The molecule has 17 heavy (non-hydrogen) atoms. The Labute approximate surface area is 98.3 Å². The van der Waals surface area contributed by atoms with Gasteiger partial charge in [-0.2, -0.15) is 9.37 Å². The quantitative estimate of drug-likeness (QED) is 0.597. The van der Waals surface area contributed by atoms with Crippen LogP contribution in [0.3, 0.4) is 0 Å². The SMILES string of the molecule is NNc1ncc(F)c(OCC2CCOCC2)n1. The summed E-state index contributed by atoms with van der Waals surface area (Å²) in [5.74, 6) is 5.00. The fourth-order valence-corrected chi connectivity index (χ4v) is 1.63. The van der Waals surface area contributed by atoms with E-state index in [1.165, 1.54) is 0 Å². The lowest BCUT2D eigenvalue weighted by atomic mass is 10.0. The Morgan fingerprint density at radius 1 is 1.53 bits per heavy atom. The molecule has 6 nitrogen and oxygen atoms in total. The Hall–Kier alpha value is -1.47. The molecule has 0 aromatic carbocycles. The van der Waals surface area contributed by atoms with Crippen molar-refractivity contribution in [2.75, 3.05) is 25.2 Å². The molecule has 3 N–H and O–H groups in total. The van der Waals surface area contributed by atoms with Crippen LogP contribution in [0.5, 0.6) is 5.88 Å². The van der Waals surface area contributed by atoms with Crippen molar-refractivity contribution in [1.29, 1.82) is 0 Å². The van der Waals surface area contributed by atoms with E-state index in [4.69, 9.17) is 15.3 Å². The maximum atomic E-state index is 13.3. The van der Waals surface area contributed by atoms with Crippen molar-refractivity contribution in [3.8, 4) is 5.88 Å². The van der Waals surface area contributed by atoms with Gasteiger partial charge in [-0.1, -0.05) is 0 Å². The normalized spacial score (nSPS) is 16.8. The summed E-state index contributed by atoms with van der Waals surface area (Å²) in [5.41, 5.74) is 2.24. The highest BCUT2D eigenvalue weighted by Gasteiger charge is 2.16. The lowest BCUT2D eigenvalue weighted by Crippen LogP contribution is -2.22. The molecule has 0 radical (unpaired) electrons. The first-order valence-electron chi connectivity index (χ1n) is 5.49. The molecule has 1 aromatic heterocycles. The van der Waals surface area contributed by atoms with E-state index in [2.05, 4.69) is 15.4 Å². The van der Waals surface area contributed by atoms with E-state index < -0.39 is 5.82 Å². The van der Waals surface area contributed by atoms with E-state index in [0.29, 0.717) is 12.5 Å². The maximum Gasteiger partial charge on any atom is 0.255 e. The second-order valence-corrected chi connectivity index (χ2v) is 3.86. The number of nitrogen functional groups attached to an aromatic ring is 1. The molecule has 0 atom stereocenters. The minimum absolute atomic E-state index is 0.0700. The first-order valence-corrected chi connectivity index (χ1v) is 5.49. The molecular weight excluding hydrogens is 227 g/mol. The number of ether oxygens (including phenoxy) is 2. The molecule has 1 fully saturated rings. The Morgan fingerprint density at radius 3 is 3.00 bits per heavy atom. The molecule has 0 bridgehead atoms. The zero-order valence-electron chi connectivity index (χ0n) is 9.36. The van der Waals surface area contributed by atoms with Gasteiger partial charge in [-0.3, -0.25) is 5.43 Å². The van der Waals surface area contributed by atoms with E-state index in [-0.39, 0.29) is 11.8 Å². The summed E-state index contributed by atoms with van der Waals surface area (Å²) in [4.78, 5) is 7.43. The number of hydrogen-bond donors (Lipinski definition) is 2. The zero-order valence-corrected chi connectivity index (χ0v) is 9.36. The second kappa shape index (κ2) is 5.74. The summed E-state index contributed by atoms with van der Waals surface area (Å²) >= 11 is 0. The van der Waals surface area contributed by atoms with Crippen molar-refractivity contribution in [1.82, 2.24) is 9.97 Å². The largest absolute Gasteiger partial charge is 0.475 e. The molecule has 0 saturated carbocycles. The van der Waals surface area contributed by atoms with Gasteiger partial charge in [0.25, 0.3) is 5.88 Å². The van der Waals surface area contributed by atoms with Gasteiger partial charge in [0, 0.05) is 13.2 Å². The number of nitrogens with two attached hydrogens (primary N) is 1. The van der Waals surface area contributed by atoms with Crippen molar-refractivity contribution >= 4 is 5.95 Å². The van der Waals surface area contributed by atoms with Crippen LogP contribution in [0.4, 0.5) is 10.3 Å². The van der Waals surface area contributed by atoms with Crippen molar-refractivity contribution in [3.05, 3.63) is 12.0 Å². The fraction of sp³-hybridized carbons (Fsp3) is 0.600. The van der Waals surface area contributed by atoms with Crippen LogP contribution in [0.2, 0.25) is 0 Å². The third-order valence-corrected chi connectivity index (χ3v) is 2.64. The molecule has 0 unspecified atom stereocenters. The first-order chi connectivity index (χ1) is 8.29. The molecular formula is C10H15FN4O2. The van der Waals surface area contributed by atoms with Crippen molar-refractivity contribution in [2.45, 2.75) is 12.8 Å². The average Bonchev–Trinajstić information content (AvgIpc) is 2.39. The molecule has 1 saturated heterocycles. The summed E-state index contributed by atoms with van der Waals surface area (Å²) in [6.07, 6.45) is 2.88. The molecule has 0 aliphatic carbocycles. The van der Waals surface area contributed by atoms with Crippen molar-refractivity contribution in [3.63, 3.8) is 0 Å². The molecule has 1 aliphatic rings. The van der Waals surface area contributed by atoms with Gasteiger partial charge in [0.2, 0.25) is 11.8 Å². The number of hydrazine groups is 1. The number of rotatable bonds is 4. The highest BCUT2D eigenvalue weighted by molar-refractivity contribution is 5.26. The van der Waals surface area contributed by atoms with E-state index in [1.54, 1.807) is 0 Å². The number of halogens is 1. The molecule has 7 heteroatoms. The van der Waals surface area contributed by atoms with Gasteiger partial charge in [-0.25, -0.2) is 10.8 Å². The standard InChI is InChI=1S/C10H15FN4O2/c11-8-5-13-10(15-12)14-9(8)17-6-7-1-3-16-4-2-7/h5,7H,1-4,6,12H2,(H,13,14,15). The molecule has 1 aromatic rings. The Morgan fingerprint density at radius 2 is 2.29 bits per heavy atom. The molecule has 2 heterocycles. The highest BCUT2D eigenvalue weighted by atomic mass is 19.1. The number of nitrogens with zero attached hydrogens (tertiary/aromatic N) is 2. The third-order valence-electron chi connectivity index (χ3n) is 2.64. The average molecular weight is 242 g/mol. The Balaban J connectivity index is 1.92. The second-order valence-electron chi connectivity index (χ2n) is 3.86. The predicted molar refractivity (Wildman–Crippen MR) is 58.8 cm³/mol. The van der Waals surface area contributed by atoms with Gasteiger partial charge in [-0.15, -0.1) is 0 Å². The first kappa shape index (κ1) is 12.0. The van der Waals surface area contributed by atoms with Gasteiger partial charge in [0.1, 0.15) is 0 Å². The minimum atomic E-state index is -0.587. The molecule has 1 aliphatic heterocycles. The van der Waals surface area contributed by atoms with Gasteiger partial charge >= 0.3 is 0 Å². The minimum Gasteiger partial charge on any atom is -0.475 e. The van der Waals surface area contributed by atoms with Crippen LogP contribution in [0.1, 0.15) is 12.8 Å². The monoisotopic (exact) mass is 242 g/mol. The smallest absolute Gasteiger partial charge is 0.255 e. The number of nitrogens with one attached hydrogen (secondary N) is 1. The molecule has 0 amide bonds. The summed E-state index contributed by atoms with van der Waals surface area (Å²) in [6, 6.07) is 0. The summed E-state index contributed by atoms with van der Waals surface area (Å²) in [7, 11) is 0. The van der Waals surface area contributed by atoms with E-state index in [0.717, 1.165) is 32.3 Å². The molecule has 2 rings (SSSR count). The van der Waals surface area contributed by atoms with Gasteiger partial charge in [0.15, 0.2) is 0 Å². The van der Waals surface area contributed by atoms with Crippen LogP contribution in [-0.2, 0) is 4.74 Å². The van der Waals surface area contributed by atoms with Gasteiger partial charge in [0.05, 0.1) is 12.8 Å². The van der Waals surface area contributed by atoms with Crippen LogP contribution < -0.4 is 16.0 Å². The van der Waals surface area contributed by atoms with E-state index >= 15 is 0 Å². The lowest BCUT2D eigenvalue weighted by Gasteiger charge is -2.21.